The molecule has 3 heteroatoms. The molecule has 0 atom stereocenters. The van der Waals surface area contributed by atoms with E-state index in [0.717, 1.165) is 4.47 Å². The molecule has 11 heavy (non-hydrogen) atoms. The lowest BCUT2D eigenvalue weighted by Gasteiger charge is -1.94. The van der Waals surface area contributed by atoms with Crippen molar-refractivity contribution in [3.05, 3.63) is 40.6 Å². The van der Waals surface area contributed by atoms with Gasteiger partial charge >= 0.3 is 0 Å². The van der Waals surface area contributed by atoms with E-state index in [4.69, 9.17) is 0 Å². The smallest absolute Gasteiger partial charge is 0.158 e. The van der Waals surface area contributed by atoms with Crippen molar-refractivity contribution in [2.45, 2.75) is 0 Å². The molecule has 1 aromatic carbocycles. The SMILES string of the molecule is FC=C(F)c1ccc(Br)cc1. The summed E-state index contributed by atoms with van der Waals surface area (Å²) in [5.74, 6) is -0.850. The zero-order valence-corrected chi connectivity index (χ0v) is 7.11. The van der Waals surface area contributed by atoms with Crippen LogP contribution in [-0.2, 0) is 0 Å². The molecule has 0 saturated heterocycles. The molecule has 0 radical (unpaired) electrons. The zero-order chi connectivity index (χ0) is 8.27. The van der Waals surface area contributed by atoms with Gasteiger partial charge in [-0.25, -0.2) is 8.78 Å². The number of hydrogen-bond acceptors (Lipinski definition) is 0. The van der Waals surface area contributed by atoms with Gasteiger partial charge < -0.3 is 0 Å². The fourth-order valence-corrected chi connectivity index (χ4v) is 0.936. The monoisotopic (exact) mass is 218 g/mol. The molecule has 58 valence electrons. The minimum Gasteiger partial charge on any atom is -0.212 e. The Balaban J connectivity index is 2.99. The molecule has 0 heterocycles. The molecule has 0 aliphatic heterocycles. The molecule has 0 aromatic heterocycles. The first kappa shape index (κ1) is 8.40. The van der Waals surface area contributed by atoms with E-state index in [2.05, 4.69) is 15.9 Å². The van der Waals surface area contributed by atoms with Gasteiger partial charge in [0.1, 0.15) is 6.33 Å². The molecule has 0 aliphatic rings. The second-order valence-electron chi connectivity index (χ2n) is 1.96. The van der Waals surface area contributed by atoms with Crippen LogP contribution in [0.25, 0.3) is 5.83 Å². The molecule has 0 fully saturated rings. The van der Waals surface area contributed by atoms with Crippen molar-refractivity contribution in [1.82, 2.24) is 0 Å². The van der Waals surface area contributed by atoms with Crippen molar-refractivity contribution in [3.63, 3.8) is 0 Å². The van der Waals surface area contributed by atoms with Gasteiger partial charge in [-0.05, 0) is 12.1 Å². The summed E-state index contributed by atoms with van der Waals surface area (Å²) in [5.41, 5.74) is 0.246. The molecule has 0 saturated carbocycles. The van der Waals surface area contributed by atoms with Gasteiger partial charge in [0.15, 0.2) is 5.83 Å². The van der Waals surface area contributed by atoms with Crippen LogP contribution >= 0.6 is 15.9 Å². The second-order valence-corrected chi connectivity index (χ2v) is 2.88. The van der Waals surface area contributed by atoms with Crippen LogP contribution in [0.4, 0.5) is 8.78 Å². The third kappa shape index (κ3) is 2.12. The topological polar surface area (TPSA) is 0 Å². The lowest BCUT2D eigenvalue weighted by Crippen LogP contribution is -1.75. The van der Waals surface area contributed by atoms with Crippen LogP contribution in [0.15, 0.2) is 35.1 Å². The Kier molecular flexibility index (Phi) is 2.76. The highest BCUT2D eigenvalue weighted by Gasteiger charge is 1.97. The largest absolute Gasteiger partial charge is 0.212 e. The molecule has 0 amide bonds. The van der Waals surface area contributed by atoms with Crippen LogP contribution in [-0.4, -0.2) is 0 Å². The van der Waals surface area contributed by atoms with Crippen LogP contribution in [0.3, 0.4) is 0 Å². The maximum atomic E-state index is 12.5. The van der Waals surface area contributed by atoms with Gasteiger partial charge in [0.25, 0.3) is 0 Å². The fraction of sp³-hybridized carbons (Fsp3) is 0. The standard InChI is InChI=1S/C8H5BrF2/c9-7-3-1-6(2-4-7)8(11)5-10/h1-5H. The first-order valence-corrected chi connectivity index (χ1v) is 3.75. The van der Waals surface area contributed by atoms with E-state index < -0.39 is 5.83 Å². The molecule has 1 rings (SSSR count). The Morgan fingerprint density at radius 2 is 1.82 bits per heavy atom. The highest BCUT2D eigenvalue weighted by atomic mass is 79.9. The predicted molar refractivity (Wildman–Crippen MR) is 44.3 cm³/mol. The van der Waals surface area contributed by atoms with Gasteiger partial charge in [0.2, 0.25) is 0 Å². The fourth-order valence-electron chi connectivity index (χ4n) is 0.672. The lowest BCUT2D eigenvalue weighted by molar-refractivity contribution is 0.671. The minimum absolute atomic E-state index is 0.0523. The maximum Gasteiger partial charge on any atom is 0.158 e. The quantitative estimate of drug-likeness (QED) is 0.675. The highest BCUT2D eigenvalue weighted by Crippen LogP contribution is 2.18. The summed E-state index contributed by atoms with van der Waals surface area (Å²) >= 11 is 3.18. The predicted octanol–water partition coefficient (Wildman–Crippen LogP) is 3.69. The zero-order valence-electron chi connectivity index (χ0n) is 5.52. The Morgan fingerprint density at radius 1 is 1.27 bits per heavy atom. The number of rotatable bonds is 1. The van der Waals surface area contributed by atoms with Gasteiger partial charge in [-0.2, -0.15) is 0 Å². The van der Waals surface area contributed by atoms with E-state index >= 15 is 0 Å². The van der Waals surface area contributed by atoms with Crippen LogP contribution < -0.4 is 0 Å². The van der Waals surface area contributed by atoms with Crippen LogP contribution in [0.5, 0.6) is 0 Å². The summed E-state index contributed by atoms with van der Waals surface area (Å²) in [5, 5.41) is 0. The molecule has 1 aromatic rings. The summed E-state index contributed by atoms with van der Waals surface area (Å²) in [7, 11) is 0. The van der Waals surface area contributed by atoms with E-state index in [-0.39, 0.29) is 11.9 Å². The molecule has 0 N–H and O–H groups in total. The Labute approximate surface area is 71.7 Å². The van der Waals surface area contributed by atoms with Crippen molar-refractivity contribution in [2.24, 2.45) is 0 Å². The third-order valence-corrected chi connectivity index (χ3v) is 1.74. The lowest BCUT2D eigenvalue weighted by atomic mass is 10.2. The molecule has 0 nitrogen and oxygen atoms in total. The van der Waals surface area contributed by atoms with Crippen molar-refractivity contribution >= 4 is 21.8 Å². The molecule has 0 spiro atoms. The van der Waals surface area contributed by atoms with Gasteiger partial charge in [0, 0.05) is 10.0 Å². The average molecular weight is 219 g/mol. The van der Waals surface area contributed by atoms with E-state index in [9.17, 15) is 8.78 Å². The Hall–Kier alpha value is -0.700. The number of halogens is 3. The molecule has 0 bridgehead atoms. The first-order chi connectivity index (χ1) is 5.24. The summed E-state index contributed by atoms with van der Waals surface area (Å²) in [4.78, 5) is 0. The second kappa shape index (κ2) is 3.62. The maximum absolute atomic E-state index is 12.5. The van der Waals surface area contributed by atoms with Gasteiger partial charge in [-0.15, -0.1) is 0 Å². The third-order valence-electron chi connectivity index (χ3n) is 1.22. The average Bonchev–Trinajstić information content (AvgIpc) is 2.05. The molecular weight excluding hydrogens is 214 g/mol. The van der Waals surface area contributed by atoms with Crippen LogP contribution in [0.2, 0.25) is 0 Å². The van der Waals surface area contributed by atoms with Gasteiger partial charge in [0.05, 0.1) is 0 Å². The van der Waals surface area contributed by atoms with Crippen molar-refractivity contribution in [3.8, 4) is 0 Å². The number of hydrogen-bond donors (Lipinski definition) is 0. The van der Waals surface area contributed by atoms with Crippen molar-refractivity contribution in [1.29, 1.82) is 0 Å². The van der Waals surface area contributed by atoms with Gasteiger partial charge in [-0.1, -0.05) is 28.1 Å². The Morgan fingerprint density at radius 3 is 2.27 bits per heavy atom. The van der Waals surface area contributed by atoms with E-state index in [1.54, 1.807) is 12.1 Å². The van der Waals surface area contributed by atoms with Crippen LogP contribution in [0.1, 0.15) is 5.56 Å². The molecule has 0 unspecified atom stereocenters. The van der Waals surface area contributed by atoms with Crippen LogP contribution in [0, 0.1) is 0 Å². The number of benzene rings is 1. The van der Waals surface area contributed by atoms with E-state index in [1.807, 2.05) is 0 Å². The summed E-state index contributed by atoms with van der Waals surface area (Å²) in [6, 6.07) is 6.29. The highest BCUT2D eigenvalue weighted by molar-refractivity contribution is 9.10. The molecular formula is C8H5BrF2. The normalized spacial score (nSPS) is 11.7. The van der Waals surface area contributed by atoms with E-state index in [0.29, 0.717) is 0 Å². The summed E-state index contributed by atoms with van der Waals surface area (Å²) in [6.45, 7) is 0. The molecule has 0 aliphatic carbocycles. The van der Waals surface area contributed by atoms with E-state index in [1.165, 1.54) is 12.1 Å². The minimum atomic E-state index is -0.850. The Bertz CT molecular complexity index is 264. The first-order valence-electron chi connectivity index (χ1n) is 2.96. The van der Waals surface area contributed by atoms with Crippen molar-refractivity contribution in [2.75, 3.05) is 0 Å². The van der Waals surface area contributed by atoms with Crippen molar-refractivity contribution < 1.29 is 8.78 Å². The summed E-state index contributed by atoms with van der Waals surface area (Å²) < 4.78 is 24.9. The van der Waals surface area contributed by atoms with Gasteiger partial charge in [-0.3, -0.25) is 0 Å². The summed E-state index contributed by atoms with van der Waals surface area (Å²) in [6.07, 6.45) is -0.0523.